The number of nitriles is 1. The Balaban J connectivity index is 1.17. The van der Waals surface area contributed by atoms with Gasteiger partial charge in [-0.1, -0.05) is 0 Å². The van der Waals surface area contributed by atoms with Crippen molar-refractivity contribution < 1.29 is 19.3 Å². The highest BCUT2D eigenvalue weighted by Crippen LogP contribution is 2.29. The number of β-amino-alcohol motifs (C(OH)–C–C–N with tert-alkyl or cyclic N) is 1. The minimum absolute atomic E-state index is 0.107. The SMILES string of the molecule is COc1ccc2ncc(C#N)c(CCN3C[C@H](CNCc4cc5c(cn4)OCCO5)[C@H](O)C3)c2n1. The molecule has 0 radical (unpaired) electrons. The first-order valence-corrected chi connectivity index (χ1v) is 11.7. The molecule has 3 aromatic rings. The van der Waals surface area contributed by atoms with E-state index in [9.17, 15) is 10.4 Å². The van der Waals surface area contributed by atoms with Crippen LogP contribution in [0.15, 0.2) is 30.6 Å². The molecule has 35 heavy (non-hydrogen) atoms. The molecule has 182 valence electrons. The molecule has 0 aliphatic carbocycles. The summed E-state index contributed by atoms with van der Waals surface area (Å²) in [6.07, 6.45) is 3.51. The average molecular weight is 477 g/mol. The number of fused-ring (bicyclic) bond motifs is 2. The molecule has 0 spiro atoms. The molecule has 1 saturated heterocycles. The topological polar surface area (TPSA) is 126 Å². The van der Waals surface area contributed by atoms with E-state index in [2.05, 4.69) is 31.2 Å². The zero-order valence-corrected chi connectivity index (χ0v) is 19.6. The second kappa shape index (κ2) is 10.4. The fraction of sp³-hybridized carbons (Fsp3) is 0.440. The minimum atomic E-state index is -0.418. The number of aromatic nitrogens is 3. The third kappa shape index (κ3) is 5.12. The number of methoxy groups -OCH3 is 1. The second-order valence-corrected chi connectivity index (χ2v) is 8.77. The number of hydrogen-bond acceptors (Lipinski definition) is 10. The van der Waals surface area contributed by atoms with Gasteiger partial charge in [-0.3, -0.25) is 9.97 Å². The van der Waals surface area contributed by atoms with Gasteiger partial charge in [-0.05, 0) is 12.5 Å². The fourth-order valence-electron chi connectivity index (χ4n) is 4.63. The molecule has 0 saturated carbocycles. The van der Waals surface area contributed by atoms with E-state index in [4.69, 9.17) is 14.2 Å². The van der Waals surface area contributed by atoms with Crippen LogP contribution in [0.1, 0.15) is 16.8 Å². The molecule has 3 aromatic heterocycles. The number of likely N-dealkylation sites (tertiary alicyclic amines) is 1. The number of nitrogens with zero attached hydrogens (tertiary/aromatic N) is 5. The van der Waals surface area contributed by atoms with Gasteiger partial charge in [0, 0.05) is 62.5 Å². The molecular weight excluding hydrogens is 448 g/mol. The number of nitrogens with one attached hydrogen (secondary N) is 1. The van der Waals surface area contributed by atoms with Gasteiger partial charge >= 0.3 is 0 Å². The summed E-state index contributed by atoms with van der Waals surface area (Å²) in [5.41, 5.74) is 3.67. The van der Waals surface area contributed by atoms with Gasteiger partial charge in [0.25, 0.3) is 0 Å². The molecule has 5 rings (SSSR count). The zero-order chi connectivity index (χ0) is 24.2. The van der Waals surface area contributed by atoms with Gasteiger partial charge in [0.2, 0.25) is 5.88 Å². The quantitative estimate of drug-likeness (QED) is 0.491. The Morgan fingerprint density at radius 1 is 1.20 bits per heavy atom. The Morgan fingerprint density at radius 3 is 2.89 bits per heavy atom. The van der Waals surface area contributed by atoms with Crippen molar-refractivity contribution in [1.29, 1.82) is 5.26 Å². The van der Waals surface area contributed by atoms with Crippen LogP contribution in [0.4, 0.5) is 0 Å². The van der Waals surface area contributed by atoms with Crippen molar-refractivity contribution in [1.82, 2.24) is 25.2 Å². The summed E-state index contributed by atoms with van der Waals surface area (Å²) in [6.45, 7) is 4.42. The van der Waals surface area contributed by atoms with Gasteiger partial charge < -0.3 is 29.5 Å². The highest BCUT2D eigenvalue weighted by Gasteiger charge is 2.31. The monoisotopic (exact) mass is 476 g/mol. The van der Waals surface area contributed by atoms with Crippen LogP contribution in [-0.2, 0) is 13.0 Å². The van der Waals surface area contributed by atoms with E-state index in [0.29, 0.717) is 68.5 Å². The predicted molar refractivity (Wildman–Crippen MR) is 127 cm³/mol. The number of ether oxygens (including phenoxy) is 3. The molecule has 1 fully saturated rings. The second-order valence-electron chi connectivity index (χ2n) is 8.77. The van der Waals surface area contributed by atoms with Crippen LogP contribution >= 0.6 is 0 Å². The average Bonchev–Trinajstić information content (AvgIpc) is 3.25. The molecule has 0 aromatic carbocycles. The van der Waals surface area contributed by atoms with Gasteiger partial charge in [-0.25, -0.2) is 4.98 Å². The first kappa shape index (κ1) is 23.2. The number of aliphatic hydroxyl groups excluding tert-OH is 1. The lowest BCUT2D eigenvalue weighted by Gasteiger charge is -2.19. The number of rotatable bonds is 8. The summed E-state index contributed by atoms with van der Waals surface area (Å²) in [5, 5.41) is 23.6. The molecule has 0 bridgehead atoms. The summed E-state index contributed by atoms with van der Waals surface area (Å²) >= 11 is 0. The Kier molecular flexibility index (Phi) is 6.90. The van der Waals surface area contributed by atoms with E-state index in [1.165, 1.54) is 0 Å². The zero-order valence-electron chi connectivity index (χ0n) is 19.6. The molecule has 2 N–H and O–H groups in total. The van der Waals surface area contributed by atoms with Crippen LogP contribution in [0, 0.1) is 17.2 Å². The van der Waals surface area contributed by atoms with Crippen LogP contribution in [0.25, 0.3) is 11.0 Å². The minimum Gasteiger partial charge on any atom is -0.486 e. The van der Waals surface area contributed by atoms with Crippen molar-refractivity contribution in [3.05, 3.63) is 47.4 Å². The maximum Gasteiger partial charge on any atom is 0.213 e. The summed E-state index contributed by atoms with van der Waals surface area (Å²) in [6, 6.07) is 7.75. The van der Waals surface area contributed by atoms with E-state index in [1.54, 1.807) is 25.6 Å². The number of pyridine rings is 3. The van der Waals surface area contributed by atoms with Gasteiger partial charge in [0.1, 0.15) is 19.3 Å². The van der Waals surface area contributed by atoms with E-state index < -0.39 is 6.10 Å². The Morgan fingerprint density at radius 2 is 2.06 bits per heavy atom. The first-order valence-electron chi connectivity index (χ1n) is 11.7. The lowest BCUT2D eigenvalue weighted by atomic mass is 10.0. The van der Waals surface area contributed by atoms with E-state index in [1.807, 2.05) is 12.1 Å². The van der Waals surface area contributed by atoms with Crippen LogP contribution in [0.2, 0.25) is 0 Å². The van der Waals surface area contributed by atoms with Crippen molar-refractivity contribution >= 4 is 11.0 Å². The normalized spacial score (nSPS) is 19.6. The lowest BCUT2D eigenvalue weighted by molar-refractivity contribution is 0.140. The van der Waals surface area contributed by atoms with Crippen molar-refractivity contribution in [2.24, 2.45) is 5.92 Å². The Bertz CT molecular complexity index is 1250. The largest absolute Gasteiger partial charge is 0.486 e. The Labute approximate surface area is 203 Å². The molecule has 5 heterocycles. The van der Waals surface area contributed by atoms with Crippen molar-refractivity contribution in [2.75, 3.05) is 46.5 Å². The molecule has 0 amide bonds. The molecule has 2 aliphatic heterocycles. The summed E-state index contributed by atoms with van der Waals surface area (Å²) in [7, 11) is 1.57. The third-order valence-electron chi connectivity index (χ3n) is 6.48. The third-order valence-corrected chi connectivity index (χ3v) is 6.48. The molecular formula is C25H28N6O4. The smallest absolute Gasteiger partial charge is 0.213 e. The van der Waals surface area contributed by atoms with Gasteiger partial charge in [0.15, 0.2) is 11.5 Å². The summed E-state index contributed by atoms with van der Waals surface area (Å²) in [4.78, 5) is 15.5. The molecule has 10 nitrogen and oxygen atoms in total. The van der Waals surface area contributed by atoms with Crippen molar-refractivity contribution in [3.63, 3.8) is 0 Å². The molecule has 0 unspecified atom stereocenters. The highest BCUT2D eigenvalue weighted by atomic mass is 16.6. The number of aliphatic hydroxyl groups is 1. The maximum absolute atomic E-state index is 10.6. The van der Waals surface area contributed by atoms with Gasteiger partial charge in [0.05, 0.1) is 41.7 Å². The predicted octanol–water partition coefficient (Wildman–Crippen LogP) is 1.30. The van der Waals surface area contributed by atoms with Gasteiger partial charge in [-0.15, -0.1) is 0 Å². The van der Waals surface area contributed by atoms with Crippen LogP contribution in [-0.4, -0.2) is 77.6 Å². The van der Waals surface area contributed by atoms with Crippen molar-refractivity contribution in [2.45, 2.75) is 19.1 Å². The lowest BCUT2D eigenvalue weighted by Crippen LogP contribution is -2.30. The molecule has 2 atom stereocenters. The van der Waals surface area contributed by atoms with Crippen LogP contribution in [0.5, 0.6) is 17.4 Å². The van der Waals surface area contributed by atoms with Crippen molar-refractivity contribution in [3.8, 4) is 23.4 Å². The number of hydrogen-bond donors (Lipinski definition) is 2. The Hall–Kier alpha value is -3.52. The van der Waals surface area contributed by atoms with Gasteiger partial charge in [-0.2, -0.15) is 5.26 Å². The summed E-state index contributed by atoms with van der Waals surface area (Å²) < 4.78 is 16.4. The van der Waals surface area contributed by atoms with Crippen LogP contribution in [0.3, 0.4) is 0 Å². The fourth-order valence-corrected chi connectivity index (χ4v) is 4.63. The van der Waals surface area contributed by atoms with E-state index in [0.717, 1.165) is 29.1 Å². The van der Waals surface area contributed by atoms with E-state index >= 15 is 0 Å². The standard InChI is InChI=1S/C25H28N6O4/c1-33-24-3-2-20-25(30-24)19(16(9-26)11-29-20)4-5-31-14-17(21(32)15-31)10-27-12-18-8-22-23(13-28-18)35-7-6-34-22/h2-3,8,11,13,17,21,27,32H,4-7,10,12,14-15H2,1H3/t17-,21+/m0/s1. The highest BCUT2D eigenvalue weighted by molar-refractivity contribution is 5.80. The summed E-state index contributed by atoms with van der Waals surface area (Å²) in [5.74, 6) is 2.00. The maximum atomic E-state index is 10.6. The van der Waals surface area contributed by atoms with Crippen LogP contribution < -0.4 is 19.5 Å². The van der Waals surface area contributed by atoms with E-state index in [-0.39, 0.29) is 5.92 Å². The first-order chi connectivity index (χ1) is 17.1. The molecule has 10 heteroatoms. The molecule has 2 aliphatic rings.